The minimum atomic E-state index is 1.01. The lowest BCUT2D eigenvalue weighted by atomic mass is 10.3. The first-order valence-corrected chi connectivity index (χ1v) is 2.76. The van der Waals surface area contributed by atoms with E-state index in [0.29, 0.717) is 0 Å². The van der Waals surface area contributed by atoms with Crippen molar-refractivity contribution in [3.8, 4) is 0 Å². The van der Waals surface area contributed by atoms with Crippen molar-refractivity contribution in [2.45, 2.75) is 12.8 Å². The molecule has 1 heterocycles. The fraction of sp³-hybridized carbons (Fsp3) is 0.667. The van der Waals surface area contributed by atoms with E-state index in [9.17, 15) is 0 Å². The Morgan fingerprint density at radius 3 is 3.57 bits per heavy atom. The maximum absolute atomic E-state index is 3.23. The highest BCUT2D eigenvalue weighted by molar-refractivity contribution is 4.79. The minimum absolute atomic E-state index is 1.01. The number of nitrogens with one attached hydrogen (secondary N) is 1. The summed E-state index contributed by atoms with van der Waals surface area (Å²) in [6.07, 6.45) is 7.60. The highest BCUT2D eigenvalue weighted by Crippen LogP contribution is 1.90. The van der Waals surface area contributed by atoms with E-state index in [1.807, 2.05) is 0 Å². The van der Waals surface area contributed by atoms with Crippen LogP contribution in [-0.4, -0.2) is 13.1 Å². The molecule has 7 heavy (non-hydrogen) atoms. The molecule has 1 radical (unpaired) electrons. The van der Waals surface area contributed by atoms with Crippen LogP contribution in [0.1, 0.15) is 12.8 Å². The Morgan fingerprint density at radius 1 is 1.57 bits per heavy atom. The van der Waals surface area contributed by atoms with E-state index < -0.39 is 0 Å². The van der Waals surface area contributed by atoms with Crippen LogP contribution in [0.25, 0.3) is 0 Å². The molecule has 0 aromatic rings. The van der Waals surface area contributed by atoms with Gasteiger partial charge in [-0.15, -0.1) is 0 Å². The first-order valence-electron chi connectivity index (χ1n) is 2.76. The van der Waals surface area contributed by atoms with Crippen LogP contribution in [0.5, 0.6) is 0 Å². The number of rotatable bonds is 0. The van der Waals surface area contributed by atoms with Crippen LogP contribution in [0.15, 0.2) is 6.08 Å². The van der Waals surface area contributed by atoms with Gasteiger partial charge in [-0.1, -0.05) is 6.08 Å². The molecule has 0 aromatic heterocycles. The Kier molecular flexibility index (Phi) is 1.94. The van der Waals surface area contributed by atoms with Crippen LogP contribution in [0.2, 0.25) is 0 Å². The largest absolute Gasteiger partial charge is 0.313 e. The van der Waals surface area contributed by atoms with Gasteiger partial charge in [-0.3, -0.25) is 0 Å². The van der Waals surface area contributed by atoms with E-state index in [0.717, 1.165) is 19.5 Å². The van der Waals surface area contributed by atoms with Crippen molar-refractivity contribution < 1.29 is 0 Å². The van der Waals surface area contributed by atoms with Gasteiger partial charge in [0, 0.05) is 6.54 Å². The van der Waals surface area contributed by atoms with Gasteiger partial charge in [0.2, 0.25) is 0 Å². The van der Waals surface area contributed by atoms with E-state index in [-0.39, 0.29) is 0 Å². The molecule has 0 aromatic carbocycles. The molecule has 0 aliphatic carbocycles. The predicted molar refractivity (Wildman–Crippen MR) is 29.9 cm³/mol. The number of hydrogen-bond acceptors (Lipinski definition) is 1. The maximum Gasteiger partial charge on any atom is 0.0140 e. The van der Waals surface area contributed by atoms with Gasteiger partial charge in [0.05, 0.1) is 0 Å². The van der Waals surface area contributed by atoms with Crippen LogP contribution in [0, 0.1) is 6.08 Å². The van der Waals surface area contributed by atoms with E-state index >= 15 is 0 Å². The van der Waals surface area contributed by atoms with Crippen LogP contribution in [0.4, 0.5) is 0 Å². The normalized spacial score (nSPS) is 21.7. The SMILES string of the molecule is [C]1=CCNCCC1. The van der Waals surface area contributed by atoms with Crippen LogP contribution in [-0.2, 0) is 0 Å². The Bertz CT molecular complexity index is 58.6. The molecule has 0 spiro atoms. The molecule has 0 bridgehead atoms. The molecule has 0 saturated carbocycles. The summed E-state index contributed by atoms with van der Waals surface area (Å²) in [4.78, 5) is 0. The Hall–Kier alpha value is -0.300. The number of allylic oxidation sites excluding steroid dienone is 1. The topological polar surface area (TPSA) is 12.0 Å². The lowest BCUT2D eigenvalue weighted by Gasteiger charge is -1.91. The van der Waals surface area contributed by atoms with Crippen molar-refractivity contribution in [2.75, 3.05) is 13.1 Å². The summed E-state index contributed by atoms with van der Waals surface area (Å²) in [7, 11) is 0. The first kappa shape index (κ1) is 4.85. The summed E-state index contributed by atoms with van der Waals surface area (Å²) in [5.41, 5.74) is 0. The first-order chi connectivity index (χ1) is 3.50. The lowest BCUT2D eigenvalue weighted by molar-refractivity contribution is 0.719. The summed E-state index contributed by atoms with van der Waals surface area (Å²) in [6.45, 7) is 2.17. The molecule has 0 amide bonds. The highest BCUT2D eigenvalue weighted by atomic mass is 14.8. The van der Waals surface area contributed by atoms with Gasteiger partial charge in [-0.25, -0.2) is 0 Å². The Labute approximate surface area is 44.4 Å². The molecular formula is C6H10N. The van der Waals surface area contributed by atoms with E-state index in [1.165, 1.54) is 6.42 Å². The van der Waals surface area contributed by atoms with Gasteiger partial charge >= 0.3 is 0 Å². The average molecular weight is 96.2 g/mol. The smallest absolute Gasteiger partial charge is 0.0140 e. The van der Waals surface area contributed by atoms with Crippen molar-refractivity contribution in [3.05, 3.63) is 12.2 Å². The fourth-order valence-electron chi connectivity index (χ4n) is 0.664. The van der Waals surface area contributed by atoms with E-state index in [1.54, 1.807) is 0 Å². The molecule has 0 fully saturated rings. The molecule has 1 aliphatic rings. The van der Waals surface area contributed by atoms with Gasteiger partial charge in [0.15, 0.2) is 0 Å². The molecule has 1 N–H and O–H groups in total. The zero-order valence-corrected chi connectivity index (χ0v) is 4.41. The maximum atomic E-state index is 3.23. The summed E-state index contributed by atoms with van der Waals surface area (Å²) in [5, 5.41) is 3.23. The Balaban J connectivity index is 2.20. The lowest BCUT2D eigenvalue weighted by Crippen LogP contribution is -2.12. The molecule has 0 atom stereocenters. The fourth-order valence-corrected chi connectivity index (χ4v) is 0.664. The van der Waals surface area contributed by atoms with Gasteiger partial charge in [0.25, 0.3) is 0 Å². The van der Waals surface area contributed by atoms with Crippen LogP contribution >= 0.6 is 0 Å². The van der Waals surface area contributed by atoms with Gasteiger partial charge in [-0.05, 0) is 25.5 Å². The quantitative estimate of drug-likeness (QED) is 0.468. The van der Waals surface area contributed by atoms with E-state index in [2.05, 4.69) is 17.5 Å². The molecule has 1 rings (SSSR count). The standard InChI is InChI=1S/C6H10N/c1-2-4-6-7-5-3-1/h4,7H,1,3,5-6H2. The highest BCUT2D eigenvalue weighted by Gasteiger charge is 1.87. The van der Waals surface area contributed by atoms with Crippen LogP contribution < -0.4 is 5.32 Å². The second-order valence-electron chi connectivity index (χ2n) is 1.72. The van der Waals surface area contributed by atoms with Crippen molar-refractivity contribution in [1.29, 1.82) is 0 Å². The molecule has 1 nitrogen and oxygen atoms in total. The summed E-state index contributed by atoms with van der Waals surface area (Å²) < 4.78 is 0. The van der Waals surface area contributed by atoms with Crippen LogP contribution in [0.3, 0.4) is 0 Å². The van der Waals surface area contributed by atoms with E-state index in [4.69, 9.17) is 0 Å². The summed E-state index contributed by atoms with van der Waals surface area (Å²) in [6, 6.07) is 0. The zero-order chi connectivity index (χ0) is 4.95. The third kappa shape index (κ3) is 1.74. The summed E-state index contributed by atoms with van der Waals surface area (Å²) >= 11 is 0. The molecule has 1 aliphatic heterocycles. The number of hydrogen-bond donors (Lipinski definition) is 1. The second kappa shape index (κ2) is 2.80. The second-order valence-corrected chi connectivity index (χ2v) is 1.72. The summed E-state index contributed by atoms with van der Waals surface area (Å²) in [5.74, 6) is 0. The average Bonchev–Trinajstić information content (AvgIpc) is 1.90. The molecule has 1 heteroatoms. The van der Waals surface area contributed by atoms with Crippen molar-refractivity contribution in [3.63, 3.8) is 0 Å². The van der Waals surface area contributed by atoms with Gasteiger partial charge < -0.3 is 5.32 Å². The molecule has 39 valence electrons. The molecule has 0 saturated heterocycles. The predicted octanol–water partition coefficient (Wildman–Crippen LogP) is 0.729. The monoisotopic (exact) mass is 96.1 g/mol. The van der Waals surface area contributed by atoms with Crippen molar-refractivity contribution >= 4 is 0 Å². The molecule has 0 unspecified atom stereocenters. The molecular weight excluding hydrogens is 86.1 g/mol. The van der Waals surface area contributed by atoms with Crippen molar-refractivity contribution in [1.82, 2.24) is 5.32 Å². The minimum Gasteiger partial charge on any atom is -0.313 e. The zero-order valence-electron chi connectivity index (χ0n) is 4.41. The van der Waals surface area contributed by atoms with Crippen molar-refractivity contribution in [2.24, 2.45) is 0 Å². The third-order valence-corrected chi connectivity index (χ3v) is 1.07. The van der Waals surface area contributed by atoms with Gasteiger partial charge in [0.1, 0.15) is 0 Å². The third-order valence-electron chi connectivity index (χ3n) is 1.07. The Morgan fingerprint density at radius 2 is 2.57 bits per heavy atom. The van der Waals surface area contributed by atoms with Gasteiger partial charge in [-0.2, -0.15) is 0 Å².